The first-order valence-corrected chi connectivity index (χ1v) is 10.8. The minimum Gasteiger partial charge on any atom is -0.493 e. The van der Waals surface area contributed by atoms with Crippen LogP contribution in [0.2, 0.25) is 0 Å². The van der Waals surface area contributed by atoms with E-state index in [1.807, 2.05) is 6.92 Å². The fourth-order valence-electron chi connectivity index (χ4n) is 2.93. The van der Waals surface area contributed by atoms with Crippen LogP contribution in [-0.4, -0.2) is 72.0 Å². The van der Waals surface area contributed by atoms with Gasteiger partial charge in [0.05, 0.1) is 19.3 Å². The molecule has 1 aliphatic heterocycles. The van der Waals surface area contributed by atoms with E-state index in [1.54, 1.807) is 18.2 Å². The Bertz CT molecular complexity index is 846. The Morgan fingerprint density at radius 3 is 2.59 bits per heavy atom. The van der Waals surface area contributed by atoms with Crippen LogP contribution in [0.3, 0.4) is 0 Å². The SMILES string of the molecule is Cc1cc(OCCC(O)CO)ccc1/C=C/S(=O)(=O)N1CCC(N)(C(=O)O)CC1. The fraction of sp³-hybridized carbons (Fsp3) is 0.526. The molecule has 0 spiro atoms. The summed E-state index contributed by atoms with van der Waals surface area (Å²) in [6, 6.07) is 5.18. The fourth-order valence-corrected chi connectivity index (χ4v) is 4.11. The maximum Gasteiger partial charge on any atom is 0.323 e. The van der Waals surface area contributed by atoms with Crippen molar-refractivity contribution in [1.29, 1.82) is 0 Å². The van der Waals surface area contributed by atoms with Crippen LogP contribution in [0.1, 0.15) is 30.4 Å². The van der Waals surface area contributed by atoms with E-state index in [0.717, 1.165) is 11.0 Å². The number of ether oxygens (including phenoxy) is 1. The van der Waals surface area contributed by atoms with Gasteiger partial charge in [-0.2, -0.15) is 4.31 Å². The standard InChI is InChI=1S/C19H28N2O7S/c1-14-12-17(28-10-4-16(23)13-22)3-2-15(14)5-11-29(26,27)21-8-6-19(20,7-9-21)18(24)25/h2-3,5,11-12,16,22-23H,4,6-10,13,20H2,1H3,(H,24,25)/b11-5+. The zero-order valence-corrected chi connectivity index (χ0v) is 17.1. The Morgan fingerprint density at radius 1 is 1.38 bits per heavy atom. The Morgan fingerprint density at radius 2 is 2.03 bits per heavy atom. The van der Waals surface area contributed by atoms with E-state index in [9.17, 15) is 18.3 Å². The molecule has 0 bridgehead atoms. The monoisotopic (exact) mass is 428 g/mol. The van der Waals surface area contributed by atoms with Crippen LogP contribution in [-0.2, 0) is 14.8 Å². The van der Waals surface area contributed by atoms with Crippen LogP contribution in [0.4, 0.5) is 0 Å². The van der Waals surface area contributed by atoms with Gasteiger partial charge in [-0.05, 0) is 49.1 Å². The van der Waals surface area contributed by atoms with Gasteiger partial charge in [0, 0.05) is 24.9 Å². The van der Waals surface area contributed by atoms with Crippen molar-refractivity contribution in [3.05, 3.63) is 34.7 Å². The second-order valence-electron chi connectivity index (χ2n) is 7.20. The van der Waals surface area contributed by atoms with E-state index in [0.29, 0.717) is 17.7 Å². The van der Waals surface area contributed by atoms with Gasteiger partial charge in [-0.25, -0.2) is 8.42 Å². The molecule has 1 saturated heterocycles. The number of sulfonamides is 1. The summed E-state index contributed by atoms with van der Waals surface area (Å²) in [4.78, 5) is 11.2. The van der Waals surface area contributed by atoms with Gasteiger partial charge in [-0.15, -0.1) is 0 Å². The van der Waals surface area contributed by atoms with Crippen molar-refractivity contribution >= 4 is 22.1 Å². The second-order valence-corrected chi connectivity index (χ2v) is 9.02. The highest BCUT2D eigenvalue weighted by Gasteiger charge is 2.40. The smallest absolute Gasteiger partial charge is 0.323 e. The zero-order valence-electron chi connectivity index (χ0n) is 16.3. The van der Waals surface area contributed by atoms with Gasteiger partial charge >= 0.3 is 5.97 Å². The van der Waals surface area contributed by atoms with E-state index in [-0.39, 0.29) is 39.1 Å². The molecule has 2 rings (SSSR count). The van der Waals surface area contributed by atoms with Gasteiger partial charge < -0.3 is 25.8 Å². The molecule has 1 aromatic carbocycles. The molecule has 1 aliphatic rings. The van der Waals surface area contributed by atoms with Crippen molar-refractivity contribution < 1.29 is 33.3 Å². The molecule has 1 heterocycles. The Labute approximate surface area is 170 Å². The molecule has 0 aliphatic carbocycles. The number of rotatable bonds is 9. The van der Waals surface area contributed by atoms with Crippen molar-refractivity contribution in [3.63, 3.8) is 0 Å². The number of aliphatic carboxylic acids is 1. The van der Waals surface area contributed by atoms with Gasteiger partial charge in [0.1, 0.15) is 11.3 Å². The molecule has 0 radical (unpaired) electrons. The van der Waals surface area contributed by atoms with Crippen molar-refractivity contribution in [3.8, 4) is 5.75 Å². The molecule has 0 saturated carbocycles. The lowest BCUT2D eigenvalue weighted by Crippen LogP contribution is -2.56. The molecule has 1 aromatic rings. The summed E-state index contributed by atoms with van der Waals surface area (Å²) in [5, 5.41) is 28.3. The van der Waals surface area contributed by atoms with Crippen LogP contribution in [0.15, 0.2) is 23.6 Å². The Hall–Kier alpha value is -1.98. The number of aliphatic hydroxyl groups is 2. The van der Waals surface area contributed by atoms with E-state index < -0.39 is 27.6 Å². The molecular weight excluding hydrogens is 400 g/mol. The summed E-state index contributed by atoms with van der Waals surface area (Å²) >= 11 is 0. The second kappa shape index (κ2) is 9.68. The lowest BCUT2D eigenvalue weighted by atomic mass is 9.90. The van der Waals surface area contributed by atoms with Crippen molar-refractivity contribution in [2.24, 2.45) is 5.73 Å². The van der Waals surface area contributed by atoms with Crippen LogP contribution in [0.25, 0.3) is 6.08 Å². The highest BCUT2D eigenvalue weighted by atomic mass is 32.2. The minimum absolute atomic E-state index is 0.0565. The number of carboxylic acids is 1. The van der Waals surface area contributed by atoms with Crippen LogP contribution >= 0.6 is 0 Å². The molecule has 1 unspecified atom stereocenters. The quantitative estimate of drug-likeness (QED) is 0.438. The molecule has 0 amide bonds. The topological polar surface area (TPSA) is 150 Å². The minimum atomic E-state index is -3.69. The molecule has 29 heavy (non-hydrogen) atoms. The van der Waals surface area contributed by atoms with Crippen molar-refractivity contribution in [1.82, 2.24) is 4.31 Å². The van der Waals surface area contributed by atoms with Gasteiger partial charge in [0.2, 0.25) is 10.0 Å². The number of carbonyl (C=O) groups is 1. The summed E-state index contributed by atoms with van der Waals surface area (Å²) in [5.74, 6) is -0.537. The lowest BCUT2D eigenvalue weighted by Gasteiger charge is -2.34. The number of aliphatic hydroxyl groups excluding tert-OH is 2. The average Bonchev–Trinajstić information content (AvgIpc) is 2.67. The summed E-state index contributed by atoms with van der Waals surface area (Å²) in [5.41, 5.74) is 5.92. The highest BCUT2D eigenvalue weighted by Crippen LogP contribution is 2.24. The van der Waals surface area contributed by atoms with Crippen LogP contribution in [0.5, 0.6) is 5.75 Å². The summed E-state index contributed by atoms with van der Waals surface area (Å²) in [7, 11) is -3.69. The molecule has 1 fully saturated rings. The van der Waals surface area contributed by atoms with E-state index >= 15 is 0 Å². The first-order valence-electron chi connectivity index (χ1n) is 9.30. The summed E-state index contributed by atoms with van der Waals surface area (Å²) < 4.78 is 31.8. The largest absolute Gasteiger partial charge is 0.493 e. The van der Waals surface area contributed by atoms with Crippen LogP contribution < -0.4 is 10.5 Å². The van der Waals surface area contributed by atoms with Gasteiger partial charge in [-0.1, -0.05) is 6.07 Å². The number of hydrogen-bond donors (Lipinski definition) is 4. The molecule has 9 nitrogen and oxygen atoms in total. The maximum atomic E-state index is 12.5. The van der Waals surface area contributed by atoms with E-state index in [1.165, 1.54) is 10.4 Å². The first kappa shape index (κ1) is 23.3. The van der Waals surface area contributed by atoms with Gasteiger partial charge in [0.15, 0.2) is 0 Å². The molecular formula is C19H28N2O7S. The average molecular weight is 429 g/mol. The Balaban J connectivity index is 1.99. The highest BCUT2D eigenvalue weighted by molar-refractivity contribution is 7.92. The van der Waals surface area contributed by atoms with Gasteiger partial charge in [0.25, 0.3) is 0 Å². The number of piperidine rings is 1. The summed E-state index contributed by atoms with van der Waals surface area (Å²) in [6.45, 7) is 1.86. The van der Waals surface area contributed by atoms with E-state index in [4.69, 9.17) is 20.7 Å². The first-order chi connectivity index (χ1) is 13.6. The van der Waals surface area contributed by atoms with E-state index in [2.05, 4.69) is 0 Å². The normalized spacial score (nSPS) is 18.6. The lowest BCUT2D eigenvalue weighted by molar-refractivity contribution is -0.144. The molecule has 10 heteroatoms. The molecule has 1 atom stereocenters. The third-order valence-electron chi connectivity index (χ3n) is 4.99. The predicted octanol–water partition coefficient (Wildman–Crippen LogP) is 0.296. The maximum absolute atomic E-state index is 12.5. The van der Waals surface area contributed by atoms with Gasteiger partial charge in [-0.3, -0.25) is 4.79 Å². The third-order valence-corrected chi connectivity index (χ3v) is 6.56. The Kier molecular flexibility index (Phi) is 7.78. The molecule has 0 aromatic heterocycles. The number of nitrogens with zero attached hydrogens (tertiary/aromatic N) is 1. The van der Waals surface area contributed by atoms with Crippen molar-refractivity contribution in [2.75, 3.05) is 26.3 Å². The number of benzene rings is 1. The molecule has 162 valence electrons. The van der Waals surface area contributed by atoms with Crippen molar-refractivity contribution in [2.45, 2.75) is 37.8 Å². The number of aryl methyl sites for hydroxylation is 1. The number of nitrogens with two attached hydrogens (primary N) is 1. The van der Waals surface area contributed by atoms with Crippen LogP contribution in [0, 0.1) is 6.92 Å². The third kappa shape index (κ3) is 6.25. The molecule has 5 N–H and O–H groups in total. The number of hydrogen-bond acceptors (Lipinski definition) is 7. The number of carboxylic acid groups (broad SMARTS) is 1. The zero-order chi connectivity index (χ0) is 21.7. The summed E-state index contributed by atoms with van der Waals surface area (Å²) in [6.07, 6.45) is 1.10. The predicted molar refractivity (Wildman–Crippen MR) is 108 cm³/mol.